The van der Waals surface area contributed by atoms with E-state index >= 15 is 0 Å². The molecular formula is C3H5BrNO. The summed E-state index contributed by atoms with van der Waals surface area (Å²) in [6.07, 6.45) is 0. The molecule has 1 atom stereocenters. The highest BCUT2D eigenvalue weighted by atomic mass is 79.9. The summed E-state index contributed by atoms with van der Waals surface area (Å²) in [5.74, 6) is -0.574. The van der Waals surface area contributed by atoms with Crippen molar-refractivity contribution in [1.29, 1.82) is 0 Å². The molecule has 0 aromatic rings. The number of nitrogens with one attached hydrogen (secondary N) is 1. The van der Waals surface area contributed by atoms with Crippen molar-refractivity contribution in [2.45, 2.75) is 11.8 Å². The van der Waals surface area contributed by atoms with E-state index in [9.17, 15) is 4.79 Å². The third-order valence-electron chi connectivity index (χ3n) is 0.361. The highest BCUT2D eigenvalue weighted by Crippen LogP contribution is 1.93. The zero-order valence-corrected chi connectivity index (χ0v) is 4.95. The van der Waals surface area contributed by atoms with E-state index in [2.05, 4.69) is 15.9 Å². The van der Waals surface area contributed by atoms with E-state index in [0.717, 1.165) is 0 Å². The molecule has 6 heavy (non-hydrogen) atoms. The Morgan fingerprint density at radius 1 is 2.00 bits per heavy atom. The van der Waals surface area contributed by atoms with Gasteiger partial charge < -0.3 is 0 Å². The topological polar surface area (TPSA) is 40.9 Å². The maximum atomic E-state index is 9.76. The van der Waals surface area contributed by atoms with Gasteiger partial charge in [0.2, 0.25) is 0 Å². The molecule has 1 unspecified atom stereocenters. The van der Waals surface area contributed by atoms with E-state index in [1.54, 1.807) is 6.92 Å². The van der Waals surface area contributed by atoms with Crippen LogP contribution >= 0.6 is 15.9 Å². The van der Waals surface area contributed by atoms with Gasteiger partial charge in [0, 0.05) is 0 Å². The molecule has 0 rings (SSSR count). The highest BCUT2D eigenvalue weighted by Gasteiger charge is 2.00. The van der Waals surface area contributed by atoms with Crippen LogP contribution in [0.2, 0.25) is 0 Å². The summed E-state index contributed by atoms with van der Waals surface area (Å²) in [5, 5.41) is 0. The number of hydrogen-bond acceptors (Lipinski definition) is 1. The van der Waals surface area contributed by atoms with E-state index in [-0.39, 0.29) is 4.83 Å². The molecule has 35 valence electrons. The molecule has 0 aliphatic carbocycles. The van der Waals surface area contributed by atoms with E-state index in [4.69, 9.17) is 5.73 Å². The average molecular weight is 151 g/mol. The summed E-state index contributed by atoms with van der Waals surface area (Å²) in [7, 11) is 0. The summed E-state index contributed by atoms with van der Waals surface area (Å²) < 4.78 is 0. The normalized spacial score (nSPS) is 13.7. The van der Waals surface area contributed by atoms with Crippen LogP contribution in [-0.2, 0) is 4.79 Å². The molecule has 0 fully saturated rings. The number of rotatable bonds is 1. The second-order valence-electron chi connectivity index (χ2n) is 0.980. The maximum absolute atomic E-state index is 9.76. The van der Waals surface area contributed by atoms with Gasteiger partial charge in [-0.05, 0) is 6.92 Å². The molecule has 1 radical (unpaired) electrons. The maximum Gasteiger partial charge on any atom is 0.251 e. The van der Waals surface area contributed by atoms with Gasteiger partial charge in [-0.15, -0.1) is 0 Å². The van der Waals surface area contributed by atoms with Crippen LogP contribution in [0.4, 0.5) is 0 Å². The lowest BCUT2D eigenvalue weighted by Gasteiger charge is -1.86. The Kier molecular flexibility index (Phi) is 2.16. The monoisotopic (exact) mass is 150 g/mol. The minimum absolute atomic E-state index is 0.308. The minimum atomic E-state index is -0.574. The summed E-state index contributed by atoms with van der Waals surface area (Å²) in [4.78, 5) is 9.46. The zero-order chi connectivity index (χ0) is 5.15. The molecule has 1 N–H and O–H groups in total. The zero-order valence-electron chi connectivity index (χ0n) is 3.36. The number of hydrogen-bond donors (Lipinski definition) is 0. The van der Waals surface area contributed by atoms with Crippen molar-refractivity contribution in [1.82, 2.24) is 5.73 Å². The van der Waals surface area contributed by atoms with Gasteiger partial charge in [0.25, 0.3) is 5.91 Å². The third kappa shape index (κ3) is 2.20. The van der Waals surface area contributed by atoms with Gasteiger partial charge in [0.15, 0.2) is 0 Å². The van der Waals surface area contributed by atoms with Gasteiger partial charge >= 0.3 is 0 Å². The molecule has 0 aromatic heterocycles. The van der Waals surface area contributed by atoms with Crippen LogP contribution in [0.3, 0.4) is 0 Å². The Morgan fingerprint density at radius 3 is 2.17 bits per heavy atom. The lowest BCUT2D eigenvalue weighted by Crippen LogP contribution is -2.08. The van der Waals surface area contributed by atoms with Gasteiger partial charge in [0.05, 0.1) is 4.83 Å². The van der Waals surface area contributed by atoms with Gasteiger partial charge in [-0.1, -0.05) is 15.9 Å². The molecule has 0 heterocycles. The van der Waals surface area contributed by atoms with Crippen LogP contribution in [0.1, 0.15) is 6.92 Å². The molecule has 3 heteroatoms. The first kappa shape index (κ1) is 5.95. The molecule has 0 aliphatic heterocycles. The molecule has 0 aromatic carbocycles. The Balaban J connectivity index is 3.26. The van der Waals surface area contributed by atoms with Crippen LogP contribution < -0.4 is 5.73 Å². The molecule has 0 saturated heterocycles. The first-order valence-electron chi connectivity index (χ1n) is 1.54. The summed E-state index contributed by atoms with van der Waals surface area (Å²) >= 11 is 2.90. The van der Waals surface area contributed by atoms with E-state index in [1.807, 2.05) is 0 Å². The quantitative estimate of drug-likeness (QED) is 0.505. The fourth-order valence-corrected chi connectivity index (χ4v) is 0. The van der Waals surface area contributed by atoms with Crippen molar-refractivity contribution in [3.05, 3.63) is 0 Å². The lowest BCUT2D eigenvalue weighted by atomic mass is 10.5. The van der Waals surface area contributed by atoms with Gasteiger partial charge in [-0.3, -0.25) is 10.5 Å². The minimum Gasteiger partial charge on any atom is -0.272 e. The van der Waals surface area contributed by atoms with Gasteiger partial charge in [0.1, 0.15) is 0 Å². The molecule has 0 bridgehead atoms. The number of carbonyl (C=O) groups excluding carboxylic acids is 1. The van der Waals surface area contributed by atoms with Crippen molar-refractivity contribution in [2.75, 3.05) is 0 Å². The Labute approximate surface area is 44.8 Å². The number of carbonyl (C=O) groups is 1. The van der Waals surface area contributed by atoms with Crippen molar-refractivity contribution < 1.29 is 4.79 Å². The third-order valence-corrected chi connectivity index (χ3v) is 0.777. The Bertz CT molecular complexity index is 61.8. The average Bonchev–Trinajstić information content (AvgIpc) is 1.36. The number of amides is 1. The lowest BCUT2D eigenvalue weighted by molar-refractivity contribution is -0.117. The second kappa shape index (κ2) is 2.18. The van der Waals surface area contributed by atoms with Crippen molar-refractivity contribution in [2.24, 2.45) is 0 Å². The standard InChI is InChI=1S/C3H5BrNO/c1-2(4)3(5)6/h2,5H,1H3. The first-order valence-corrected chi connectivity index (χ1v) is 2.45. The van der Waals surface area contributed by atoms with Crippen LogP contribution in [0.5, 0.6) is 0 Å². The Morgan fingerprint density at radius 2 is 2.17 bits per heavy atom. The van der Waals surface area contributed by atoms with Crippen LogP contribution in [-0.4, -0.2) is 10.7 Å². The molecule has 2 nitrogen and oxygen atoms in total. The van der Waals surface area contributed by atoms with Crippen LogP contribution in [0.25, 0.3) is 0 Å². The van der Waals surface area contributed by atoms with Crippen molar-refractivity contribution >= 4 is 21.8 Å². The van der Waals surface area contributed by atoms with E-state index < -0.39 is 5.91 Å². The van der Waals surface area contributed by atoms with Gasteiger partial charge in [-0.2, -0.15) is 0 Å². The van der Waals surface area contributed by atoms with Gasteiger partial charge in [-0.25, -0.2) is 0 Å². The fourth-order valence-electron chi connectivity index (χ4n) is 0. The number of halogens is 1. The molecular weight excluding hydrogens is 146 g/mol. The molecule has 0 saturated carbocycles. The predicted octanol–water partition coefficient (Wildman–Crippen LogP) is 0.579. The Hall–Kier alpha value is -0.0500. The summed E-state index contributed by atoms with van der Waals surface area (Å²) in [6, 6.07) is 0. The largest absolute Gasteiger partial charge is 0.272 e. The second-order valence-corrected chi connectivity index (χ2v) is 2.35. The first-order chi connectivity index (χ1) is 2.64. The highest BCUT2D eigenvalue weighted by molar-refractivity contribution is 9.10. The van der Waals surface area contributed by atoms with E-state index in [0.29, 0.717) is 0 Å². The predicted molar refractivity (Wildman–Crippen MR) is 26.5 cm³/mol. The molecule has 1 amide bonds. The molecule has 0 aliphatic rings. The van der Waals surface area contributed by atoms with Crippen molar-refractivity contribution in [3.8, 4) is 0 Å². The van der Waals surface area contributed by atoms with Crippen molar-refractivity contribution in [3.63, 3.8) is 0 Å². The SMILES string of the molecule is CC(Br)C([NH])=O. The van der Waals surface area contributed by atoms with Crippen LogP contribution in [0, 0.1) is 0 Å². The fraction of sp³-hybridized carbons (Fsp3) is 0.667. The molecule has 0 spiro atoms. The smallest absolute Gasteiger partial charge is 0.251 e. The van der Waals surface area contributed by atoms with Crippen LogP contribution in [0.15, 0.2) is 0 Å². The number of alkyl halides is 1. The van der Waals surface area contributed by atoms with E-state index in [1.165, 1.54) is 0 Å². The summed E-state index contributed by atoms with van der Waals surface area (Å²) in [5.41, 5.74) is 6.35. The summed E-state index contributed by atoms with van der Waals surface area (Å²) in [6.45, 7) is 1.62.